The molecule has 24 heavy (non-hydrogen) atoms. The molecule has 0 unspecified atom stereocenters. The number of amides is 1. The van der Waals surface area contributed by atoms with Gasteiger partial charge >= 0.3 is 0 Å². The Bertz CT molecular complexity index is 757. The van der Waals surface area contributed by atoms with Gasteiger partial charge in [0.05, 0.1) is 18.3 Å². The zero-order valence-electron chi connectivity index (χ0n) is 13.0. The predicted octanol–water partition coefficient (Wildman–Crippen LogP) is 3.08. The van der Waals surface area contributed by atoms with E-state index in [0.717, 1.165) is 27.7 Å². The molecular weight excluding hydrogens is 342 g/mol. The summed E-state index contributed by atoms with van der Waals surface area (Å²) < 4.78 is 5.62. The lowest BCUT2D eigenvalue weighted by molar-refractivity contribution is -0.120. The average Bonchev–Trinajstić information content (AvgIpc) is 3.26. The van der Waals surface area contributed by atoms with E-state index < -0.39 is 0 Å². The molecule has 3 aromatic heterocycles. The van der Waals surface area contributed by atoms with Crippen LogP contribution in [0, 0.1) is 0 Å². The number of carbonyl (C=O) groups is 1. The van der Waals surface area contributed by atoms with Crippen molar-refractivity contribution in [3.05, 3.63) is 63.0 Å². The van der Waals surface area contributed by atoms with Crippen LogP contribution >= 0.6 is 22.7 Å². The second-order valence-electron chi connectivity index (χ2n) is 5.07. The molecule has 7 heteroatoms. The highest BCUT2D eigenvalue weighted by Crippen LogP contribution is 2.14. The van der Waals surface area contributed by atoms with Gasteiger partial charge in [0.1, 0.15) is 17.4 Å². The number of aromatic nitrogens is 2. The van der Waals surface area contributed by atoms with Gasteiger partial charge in [0.25, 0.3) is 0 Å². The molecular formula is C17H17N3O2S2. The van der Waals surface area contributed by atoms with Gasteiger partial charge in [-0.1, -0.05) is 6.07 Å². The van der Waals surface area contributed by atoms with Crippen LogP contribution in [0.1, 0.15) is 15.6 Å². The highest BCUT2D eigenvalue weighted by Gasteiger charge is 2.06. The van der Waals surface area contributed by atoms with Crippen molar-refractivity contribution in [1.29, 1.82) is 0 Å². The fraction of sp³-hybridized carbons (Fsp3) is 0.235. The lowest BCUT2D eigenvalue weighted by Crippen LogP contribution is -2.27. The molecule has 1 amide bonds. The molecule has 124 valence electrons. The normalized spacial score (nSPS) is 10.5. The first kappa shape index (κ1) is 16.6. The molecule has 0 aliphatic heterocycles. The van der Waals surface area contributed by atoms with Crippen LogP contribution in [0.4, 0.5) is 0 Å². The Kier molecular flexibility index (Phi) is 5.92. The summed E-state index contributed by atoms with van der Waals surface area (Å²) >= 11 is 3.16. The first-order valence-corrected chi connectivity index (χ1v) is 9.31. The number of thiazole rings is 1. The Morgan fingerprint density at radius 3 is 3.00 bits per heavy atom. The first-order chi connectivity index (χ1) is 11.8. The smallest absolute Gasteiger partial charge is 0.225 e. The molecule has 0 radical (unpaired) electrons. The van der Waals surface area contributed by atoms with Gasteiger partial charge in [-0.15, -0.1) is 22.7 Å². The predicted molar refractivity (Wildman–Crippen MR) is 95.4 cm³/mol. The standard InChI is InChI=1S/C17H17N3O2S2/c21-16(9-15-4-2-8-23-15)19-7-5-13-12-24-17(20-13)11-22-14-3-1-6-18-10-14/h1-4,6,8,10,12H,5,7,9,11H2,(H,19,21). The molecule has 0 aliphatic carbocycles. The van der Waals surface area contributed by atoms with E-state index in [0.29, 0.717) is 19.6 Å². The van der Waals surface area contributed by atoms with Gasteiger partial charge in [0, 0.05) is 29.4 Å². The van der Waals surface area contributed by atoms with Crippen molar-refractivity contribution in [3.8, 4) is 5.75 Å². The number of carbonyl (C=O) groups excluding carboxylic acids is 1. The quantitative estimate of drug-likeness (QED) is 0.671. The molecule has 0 aliphatic rings. The molecule has 5 nitrogen and oxygen atoms in total. The third kappa shape index (κ3) is 5.14. The van der Waals surface area contributed by atoms with Crippen molar-refractivity contribution in [2.24, 2.45) is 0 Å². The number of rotatable bonds is 8. The van der Waals surface area contributed by atoms with Gasteiger partial charge in [-0.25, -0.2) is 4.98 Å². The SMILES string of the molecule is O=C(Cc1cccs1)NCCc1csc(COc2cccnc2)n1. The molecule has 0 saturated heterocycles. The van der Waals surface area contributed by atoms with Crippen LogP contribution in [0.15, 0.2) is 47.4 Å². The summed E-state index contributed by atoms with van der Waals surface area (Å²) in [4.78, 5) is 21.4. The lowest BCUT2D eigenvalue weighted by Gasteiger charge is -2.03. The highest BCUT2D eigenvalue weighted by atomic mass is 32.1. The fourth-order valence-corrected chi connectivity index (χ4v) is 3.51. The highest BCUT2D eigenvalue weighted by molar-refractivity contribution is 7.10. The van der Waals surface area contributed by atoms with Crippen LogP contribution in [0.2, 0.25) is 0 Å². The summed E-state index contributed by atoms with van der Waals surface area (Å²) in [5.74, 6) is 0.780. The summed E-state index contributed by atoms with van der Waals surface area (Å²) in [5.41, 5.74) is 0.973. The fourth-order valence-electron chi connectivity index (χ4n) is 2.07. The summed E-state index contributed by atoms with van der Waals surface area (Å²) in [6.45, 7) is 1.03. The molecule has 0 atom stereocenters. The molecule has 0 fully saturated rings. The Morgan fingerprint density at radius 2 is 2.21 bits per heavy atom. The minimum absolute atomic E-state index is 0.0489. The van der Waals surface area contributed by atoms with Crippen molar-refractivity contribution >= 4 is 28.6 Å². The minimum Gasteiger partial charge on any atom is -0.485 e. The van der Waals surface area contributed by atoms with Crippen molar-refractivity contribution in [1.82, 2.24) is 15.3 Å². The van der Waals surface area contributed by atoms with Gasteiger partial charge in [0.15, 0.2) is 0 Å². The number of ether oxygens (including phenoxy) is 1. The van der Waals surface area contributed by atoms with Gasteiger partial charge < -0.3 is 10.1 Å². The van der Waals surface area contributed by atoms with Crippen LogP contribution < -0.4 is 10.1 Å². The van der Waals surface area contributed by atoms with Crippen LogP contribution in [-0.2, 0) is 24.2 Å². The third-order valence-electron chi connectivity index (χ3n) is 3.21. The van der Waals surface area contributed by atoms with Crippen molar-refractivity contribution in [2.45, 2.75) is 19.4 Å². The number of nitrogens with one attached hydrogen (secondary N) is 1. The van der Waals surface area contributed by atoms with Crippen LogP contribution in [0.25, 0.3) is 0 Å². The Hall–Kier alpha value is -2.25. The Balaban J connectivity index is 1.39. The lowest BCUT2D eigenvalue weighted by atomic mass is 10.3. The minimum atomic E-state index is 0.0489. The molecule has 3 rings (SSSR count). The van der Waals surface area contributed by atoms with Crippen molar-refractivity contribution < 1.29 is 9.53 Å². The number of nitrogens with zero attached hydrogens (tertiary/aromatic N) is 2. The molecule has 0 spiro atoms. The Morgan fingerprint density at radius 1 is 1.25 bits per heavy atom. The van der Waals surface area contributed by atoms with E-state index in [2.05, 4.69) is 15.3 Å². The zero-order valence-corrected chi connectivity index (χ0v) is 14.6. The van der Waals surface area contributed by atoms with Gasteiger partial charge in [-0.05, 0) is 23.6 Å². The molecule has 0 aromatic carbocycles. The number of hydrogen-bond acceptors (Lipinski definition) is 6. The van der Waals surface area contributed by atoms with E-state index in [9.17, 15) is 4.79 Å². The Labute approximate surface area is 148 Å². The van der Waals surface area contributed by atoms with E-state index in [1.807, 2.05) is 35.0 Å². The molecule has 0 bridgehead atoms. The zero-order chi connectivity index (χ0) is 16.6. The number of pyridine rings is 1. The van der Waals surface area contributed by atoms with Crippen molar-refractivity contribution in [2.75, 3.05) is 6.54 Å². The second-order valence-corrected chi connectivity index (χ2v) is 7.04. The molecule has 0 saturated carbocycles. The van der Waals surface area contributed by atoms with Gasteiger partial charge in [-0.2, -0.15) is 0 Å². The van der Waals surface area contributed by atoms with E-state index in [1.165, 1.54) is 0 Å². The first-order valence-electron chi connectivity index (χ1n) is 7.55. The van der Waals surface area contributed by atoms with E-state index >= 15 is 0 Å². The summed E-state index contributed by atoms with van der Waals surface area (Å²) in [6, 6.07) is 7.63. The molecule has 1 N–H and O–H groups in total. The van der Waals surface area contributed by atoms with Crippen molar-refractivity contribution in [3.63, 3.8) is 0 Å². The topological polar surface area (TPSA) is 64.1 Å². The summed E-state index contributed by atoms with van der Waals surface area (Å²) in [5, 5.41) is 7.83. The second kappa shape index (κ2) is 8.56. The molecule has 3 aromatic rings. The number of thiophene rings is 1. The van der Waals surface area contributed by atoms with E-state index in [4.69, 9.17) is 4.74 Å². The van der Waals surface area contributed by atoms with E-state index in [1.54, 1.807) is 35.1 Å². The maximum Gasteiger partial charge on any atom is 0.225 e. The van der Waals surface area contributed by atoms with Crippen LogP contribution in [-0.4, -0.2) is 22.4 Å². The van der Waals surface area contributed by atoms with Gasteiger partial charge in [-0.3, -0.25) is 9.78 Å². The number of hydrogen-bond donors (Lipinski definition) is 1. The average molecular weight is 359 g/mol. The largest absolute Gasteiger partial charge is 0.485 e. The maximum atomic E-state index is 11.8. The monoisotopic (exact) mass is 359 g/mol. The van der Waals surface area contributed by atoms with Crippen LogP contribution in [0.5, 0.6) is 5.75 Å². The van der Waals surface area contributed by atoms with Crippen LogP contribution in [0.3, 0.4) is 0 Å². The summed E-state index contributed by atoms with van der Waals surface area (Å²) in [7, 11) is 0. The third-order valence-corrected chi connectivity index (χ3v) is 4.96. The maximum absolute atomic E-state index is 11.8. The van der Waals surface area contributed by atoms with Gasteiger partial charge in [0.2, 0.25) is 5.91 Å². The molecule has 3 heterocycles. The van der Waals surface area contributed by atoms with E-state index in [-0.39, 0.29) is 5.91 Å². The summed E-state index contributed by atoms with van der Waals surface area (Å²) in [6.07, 6.45) is 4.55.